The van der Waals surface area contributed by atoms with Gasteiger partial charge in [-0.1, -0.05) is 24.6 Å². The van der Waals surface area contributed by atoms with Crippen molar-refractivity contribution in [2.45, 2.75) is 39.5 Å². The number of fused-ring (bicyclic) bond motifs is 1. The van der Waals surface area contributed by atoms with Crippen molar-refractivity contribution < 1.29 is 23.4 Å². The minimum absolute atomic E-state index is 0.0183. The predicted octanol–water partition coefficient (Wildman–Crippen LogP) is 7.83. The molecule has 1 aromatic heterocycles. The number of amides is 2. The van der Waals surface area contributed by atoms with E-state index in [1.165, 1.54) is 36.3 Å². The van der Waals surface area contributed by atoms with Gasteiger partial charge in [-0.05, 0) is 81.6 Å². The van der Waals surface area contributed by atoms with E-state index in [2.05, 4.69) is 15.2 Å². The normalized spacial score (nSPS) is 15.0. The number of piperidine rings is 1. The van der Waals surface area contributed by atoms with Crippen LogP contribution in [0.5, 0.6) is 23.0 Å². The van der Waals surface area contributed by atoms with Gasteiger partial charge in [-0.25, -0.2) is 9.18 Å². The lowest BCUT2D eigenvalue weighted by Gasteiger charge is -2.26. The van der Waals surface area contributed by atoms with Crippen molar-refractivity contribution >= 4 is 28.3 Å². The van der Waals surface area contributed by atoms with Crippen LogP contribution in [0.2, 0.25) is 0 Å². The van der Waals surface area contributed by atoms with Gasteiger partial charge in [0.1, 0.15) is 12.4 Å². The van der Waals surface area contributed by atoms with Crippen molar-refractivity contribution in [1.82, 2.24) is 14.8 Å². The first-order chi connectivity index (χ1) is 22.4. The van der Waals surface area contributed by atoms with Gasteiger partial charge in [0, 0.05) is 54.0 Å². The number of aromatic nitrogens is 1. The van der Waals surface area contributed by atoms with Crippen molar-refractivity contribution in [2.75, 3.05) is 50.2 Å². The summed E-state index contributed by atoms with van der Waals surface area (Å²) in [5.74, 6) is 0.982. The average molecular weight is 626 g/mol. The van der Waals surface area contributed by atoms with Crippen LogP contribution < -0.4 is 24.4 Å². The van der Waals surface area contributed by atoms with E-state index >= 15 is 4.39 Å². The maximum Gasteiger partial charge on any atom is 0.327 e. The topological polar surface area (TPSA) is 79.4 Å². The summed E-state index contributed by atoms with van der Waals surface area (Å²) in [4.78, 5) is 23.5. The molecule has 0 unspecified atom stereocenters. The molecule has 240 valence electrons. The molecule has 2 amide bonds. The lowest BCUT2D eigenvalue weighted by molar-refractivity contribution is 0.203. The van der Waals surface area contributed by atoms with Crippen LogP contribution in [0.4, 0.5) is 20.6 Å². The molecule has 2 aliphatic heterocycles. The standard InChI is InChI=1S/C36H40FN5O4/c1-25-9-7-10-26(2)35(25)41-18-19-42(24-41)36(43)39-27-11-12-32(29(37)21-27)46-31-13-14-38-30-23-34(33(44-3)22-28(30)31)45-20-8-17-40-15-5-4-6-16-40/h7,9-14,18-19,21-23H,4-6,8,15-17,20,24H2,1-3H3,(H,39,43). The average Bonchev–Trinajstić information content (AvgIpc) is 3.54. The van der Waals surface area contributed by atoms with Gasteiger partial charge in [-0.3, -0.25) is 9.88 Å². The number of urea groups is 1. The van der Waals surface area contributed by atoms with Crippen LogP contribution in [0.1, 0.15) is 36.8 Å². The Kier molecular flexibility index (Phi) is 9.54. The number of aryl methyl sites for hydroxylation is 2. The van der Waals surface area contributed by atoms with Gasteiger partial charge in [0.15, 0.2) is 23.1 Å². The Morgan fingerprint density at radius 3 is 2.50 bits per heavy atom. The highest BCUT2D eigenvalue weighted by Crippen LogP contribution is 2.38. The molecule has 46 heavy (non-hydrogen) atoms. The number of likely N-dealkylation sites (tertiary alicyclic amines) is 1. The number of para-hydroxylation sites is 1. The van der Waals surface area contributed by atoms with Crippen molar-refractivity contribution in [3.63, 3.8) is 0 Å². The van der Waals surface area contributed by atoms with E-state index in [9.17, 15) is 4.79 Å². The third kappa shape index (κ3) is 7.02. The van der Waals surface area contributed by atoms with Gasteiger partial charge in [0.2, 0.25) is 0 Å². The maximum absolute atomic E-state index is 15.3. The monoisotopic (exact) mass is 625 g/mol. The molecule has 2 aliphatic rings. The van der Waals surface area contributed by atoms with Gasteiger partial charge in [0.25, 0.3) is 0 Å². The van der Waals surface area contributed by atoms with Crippen molar-refractivity contribution in [3.05, 3.63) is 90.1 Å². The number of ether oxygens (including phenoxy) is 3. The van der Waals surface area contributed by atoms with Crippen LogP contribution in [0.3, 0.4) is 0 Å². The van der Waals surface area contributed by atoms with Gasteiger partial charge in [0.05, 0.1) is 19.2 Å². The summed E-state index contributed by atoms with van der Waals surface area (Å²) in [6.07, 6.45) is 9.97. The summed E-state index contributed by atoms with van der Waals surface area (Å²) in [7, 11) is 1.59. The number of halogens is 1. The van der Waals surface area contributed by atoms with E-state index in [-0.39, 0.29) is 11.8 Å². The Bertz CT molecular complexity index is 1720. The number of rotatable bonds is 10. The second-order valence-corrected chi connectivity index (χ2v) is 11.7. The molecule has 1 fully saturated rings. The molecule has 0 saturated carbocycles. The highest BCUT2D eigenvalue weighted by atomic mass is 19.1. The molecule has 1 N–H and O–H groups in total. The summed E-state index contributed by atoms with van der Waals surface area (Å²) >= 11 is 0. The van der Waals surface area contributed by atoms with Crippen LogP contribution in [-0.2, 0) is 0 Å². The molecular formula is C36H40FN5O4. The fourth-order valence-electron chi connectivity index (χ4n) is 6.07. The summed E-state index contributed by atoms with van der Waals surface area (Å²) in [6.45, 7) is 8.34. The van der Waals surface area contributed by atoms with Crippen molar-refractivity contribution in [3.8, 4) is 23.0 Å². The van der Waals surface area contributed by atoms with Crippen LogP contribution in [0, 0.1) is 19.7 Å². The number of hydrogen-bond donors (Lipinski definition) is 1. The molecule has 9 nitrogen and oxygen atoms in total. The third-order valence-electron chi connectivity index (χ3n) is 8.43. The lowest BCUT2D eigenvalue weighted by atomic mass is 10.1. The quantitative estimate of drug-likeness (QED) is 0.180. The van der Waals surface area contributed by atoms with Crippen molar-refractivity contribution in [1.29, 1.82) is 0 Å². The Morgan fingerprint density at radius 1 is 0.935 bits per heavy atom. The first-order valence-electron chi connectivity index (χ1n) is 15.8. The Labute approximate surface area is 269 Å². The predicted molar refractivity (Wildman–Crippen MR) is 178 cm³/mol. The molecule has 0 spiro atoms. The molecule has 0 radical (unpaired) electrons. The van der Waals surface area contributed by atoms with Crippen LogP contribution in [0.15, 0.2) is 73.2 Å². The molecule has 0 bridgehead atoms. The van der Waals surface area contributed by atoms with Crippen molar-refractivity contribution in [2.24, 2.45) is 0 Å². The second-order valence-electron chi connectivity index (χ2n) is 11.7. The van der Waals surface area contributed by atoms with E-state index in [1.54, 1.807) is 37.7 Å². The van der Waals surface area contributed by atoms with E-state index in [4.69, 9.17) is 14.2 Å². The number of carbonyl (C=O) groups is 1. The van der Waals surface area contributed by atoms with Gasteiger partial charge >= 0.3 is 6.03 Å². The summed E-state index contributed by atoms with van der Waals surface area (Å²) < 4.78 is 33.0. The minimum Gasteiger partial charge on any atom is -0.493 e. The zero-order valence-electron chi connectivity index (χ0n) is 26.6. The van der Waals surface area contributed by atoms with Gasteiger partial charge in [-0.2, -0.15) is 0 Å². The Balaban J connectivity index is 1.09. The molecule has 6 rings (SSSR count). The smallest absolute Gasteiger partial charge is 0.327 e. The fourth-order valence-corrected chi connectivity index (χ4v) is 6.07. The number of benzene rings is 3. The number of pyridine rings is 1. The zero-order valence-corrected chi connectivity index (χ0v) is 26.6. The number of methoxy groups -OCH3 is 1. The lowest BCUT2D eigenvalue weighted by Crippen LogP contribution is -2.34. The van der Waals surface area contributed by atoms with E-state index in [1.807, 2.05) is 49.2 Å². The van der Waals surface area contributed by atoms with Gasteiger partial charge in [-0.15, -0.1) is 0 Å². The highest BCUT2D eigenvalue weighted by Gasteiger charge is 2.22. The number of anilines is 2. The number of nitrogens with zero attached hydrogens (tertiary/aromatic N) is 4. The second kappa shape index (κ2) is 14.1. The minimum atomic E-state index is -0.613. The molecule has 0 aliphatic carbocycles. The molecule has 4 aromatic rings. The van der Waals surface area contributed by atoms with E-state index in [0.717, 1.165) is 42.9 Å². The van der Waals surface area contributed by atoms with Crippen LogP contribution in [0.25, 0.3) is 10.9 Å². The summed E-state index contributed by atoms with van der Waals surface area (Å²) in [5.41, 5.74) is 4.27. The zero-order chi connectivity index (χ0) is 32.0. The molecule has 10 heteroatoms. The molecular weight excluding hydrogens is 585 g/mol. The SMILES string of the molecule is COc1cc2c(Oc3ccc(NC(=O)N4C=CN(c5c(C)cccc5C)C4)cc3F)ccnc2cc1OCCCN1CCCCC1. The number of carbonyl (C=O) groups excluding carboxylic acids is 1. The number of hydrogen-bond acceptors (Lipinski definition) is 7. The van der Waals surface area contributed by atoms with Gasteiger partial charge < -0.3 is 29.3 Å². The maximum atomic E-state index is 15.3. The first kappa shape index (κ1) is 31.2. The van der Waals surface area contributed by atoms with E-state index < -0.39 is 5.82 Å². The number of nitrogens with one attached hydrogen (secondary N) is 1. The summed E-state index contributed by atoms with van der Waals surface area (Å²) in [5, 5.41) is 3.44. The molecule has 3 heterocycles. The molecule has 1 saturated heterocycles. The first-order valence-corrected chi connectivity index (χ1v) is 15.8. The Hall–Kier alpha value is -4.83. The molecule has 3 aromatic carbocycles. The van der Waals surface area contributed by atoms with E-state index in [0.29, 0.717) is 47.1 Å². The summed E-state index contributed by atoms with van der Waals surface area (Å²) in [6, 6.07) is 15.4. The molecule has 0 atom stereocenters. The largest absolute Gasteiger partial charge is 0.493 e. The van der Waals surface area contributed by atoms with Crippen LogP contribution in [-0.4, -0.2) is 60.8 Å². The fraction of sp³-hybridized carbons (Fsp3) is 0.333. The van der Waals surface area contributed by atoms with Crippen LogP contribution >= 0.6 is 0 Å². The Morgan fingerprint density at radius 2 is 1.74 bits per heavy atom. The third-order valence-corrected chi connectivity index (χ3v) is 8.43. The highest BCUT2D eigenvalue weighted by molar-refractivity contribution is 5.91.